The third kappa shape index (κ3) is 1.80. The summed E-state index contributed by atoms with van der Waals surface area (Å²) in [6.07, 6.45) is -0.246. The Morgan fingerprint density at radius 3 is 2.71 bits per heavy atom. The Hall–Kier alpha value is -1.59. The summed E-state index contributed by atoms with van der Waals surface area (Å²) in [4.78, 5) is 14.5. The predicted octanol–water partition coefficient (Wildman–Crippen LogP) is 1.44. The molecule has 5 nitrogen and oxygen atoms in total. The van der Waals surface area contributed by atoms with E-state index < -0.39 is 0 Å². The zero-order chi connectivity index (χ0) is 14.6. The molecule has 1 aromatic carbocycles. The number of rotatable bonds is 4. The van der Waals surface area contributed by atoms with E-state index in [1.807, 2.05) is 29.2 Å². The lowest BCUT2D eigenvalue weighted by Gasteiger charge is -2.26. The van der Waals surface area contributed by atoms with Crippen LogP contribution in [0.5, 0.6) is 5.75 Å². The van der Waals surface area contributed by atoms with Crippen LogP contribution in [-0.2, 0) is 14.3 Å². The van der Waals surface area contributed by atoms with Crippen molar-refractivity contribution in [2.75, 3.05) is 27.4 Å². The van der Waals surface area contributed by atoms with Gasteiger partial charge < -0.3 is 19.1 Å². The van der Waals surface area contributed by atoms with Gasteiger partial charge in [0.05, 0.1) is 26.4 Å². The Morgan fingerprint density at radius 1 is 1.29 bits per heavy atom. The van der Waals surface area contributed by atoms with Crippen molar-refractivity contribution in [2.24, 2.45) is 17.8 Å². The highest BCUT2D eigenvalue weighted by Crippen LogP contribution is 2.60. The molecule has 0 aromatic heterocycles. The van der Waals surface area contributed by atoms with Crippen molar-refractivity contribution in [2.45, 2.75) is 12.3 Å². The summed E-state index contributed by atoms with van der Waals surface area (Å²) in [7, 11) is 3.34. The lowest BCUT2D eigenvalue weighted by atomic mass is 10.1. The summed E-state index contributed by atoms with van der Waals surface area (Å²) >= 11 is 0. The number of benzene rings is 1. The van der Waals surface area contributed by atoms with Crippen LogP contribution in [0.25, 0.3) is 0 Å². The number of carbonyl (C=O) groups excluding carboxylic acids is 1. The van der Waals surface area contributed by atoms with Gasteiger partial charge in [0.2, 0.25) is 5.91 Å². The zero-order valence-corrected chi connectivity index (χ0v) is 12.2. The third-order valence-electron chi connectivity index (χ3n) is 5.01. The van der Waals surface area contributed by atoms with Gasteiger partial charge in [0.25, 0.3) is 0 Å². The Morgan fingerprint density at radius 2 is 2.05 bits per heavy atom. The molecule has 1 amide bonds. The molecule has 0 N–H and O–H groups in total. The Kier molecular flexibility index (Phi) is 2.94. The summed E-state index contributed by atoms with van der Waals surface area (Å²) in [5.41, 5.74) is 1.01. The lowest BCUT2D eigenvalue weighted by Crippen LogP contribution is -2.36. The average Bonchev–Trinajstić information content (AvgIpc) is 2.91. The molecule has 3 fully saturated rings. The summed E-state index contributed by atoms with van der Waals surface area (Å²) < 4.78 is 16.3. The number of fused-ring (bicyclic) bond motifs is 3. The second-order valence-corrected chi connectivity index (χ2v) is 5.99. The Labute approximate surface area is 123 Å². The number of ether oxygens (including phenoxy) is 3. The molecule has 2 heterocycles. The Balaban J connectivity index is 1.54. The number of methoxy groups -OCH3 is 2. The van der Waals surface area contributed by atoms with Gasteiger partial charge in [-0.1, -0.05) is 12.1 Å². The molecule has 3 aliphatic rings. The Bertz CT molecular complexity index is 558. The molecule has 2 aliphatic heterocycles. The second-order valence-electron chi connectivity index (χ2n) is 5.99. The highest BCUT2D eigenvalue weighted by Gasteiger charge is 2.69. The number of amides is 1. The minimum atomic E-state index is -0.246. The van der Waals surface area contributed by atoms with Crippen LogP contribution in [0, 0.1) is 17.8 Å². The van der Waals surface area contributed by atoms with Crippen LogP contribution >= 0.6 is 0 Å². The van der Waals surface area contributed by atoms with E-state index in [-0.39, 0.29) is 24.1 Å². The maximum atomic E-state index is 12.6. The molecule has 4 rings (SSSR count). The molecule has 2 saturated heterocycles. The van der Waals surface area contributed by atoms with Crippen molar-refractivity contribution in [1.29, 1.82) is 0 Å². The number of hydrogen-bond acceptors (Lipinski definition) is 4. The van der Waals surface area contributed by atoms with Gasteiger partial charge in [-0.3, -0.25) is 4.79 Å². The molecule has 5 atom stereocenters. The first kappa shape index (κ1) is 13.1. The quantitative estimate of drug-likeness (QED) is 0.841. The van der Waals surface area contributed by atoms with E-state index in [1.54, 1.807) is 14.2 Å². The van der Waals surface area contributed by atoms with Crippen molar-refractivity contribution < 1.29 is 19.0 Å². The van der Waals surface area contributed by atoms with Gasteiger partial charge in [0.1, 0.15) is 5.75 Å². The molecule has 0 radical (unpaired) electrons. The molecule has 5 heteroatoms. The summed E-state index contributed by atoms with van der Waals surface area (Å²) in [6, 6.07) is 7.96. The van der Waals surface area contributed by atoms with Crippen molar-refractivity contribution in [3.05, 3.63) is 29.8 Å². The van der Waals surface area contributed by atoms with Crippen molar-refractivity contribution in [3.8, 4) is 5.75 Å². The number of hydrogen-bond donors (Lipinski definition) is 0. The van der Waals surface area contributed by atoms with Gasteiger partial charge in [-0.25, -0.2) is 0 Å². The highest BCUT2D eigenvalue weighted by molar-refractivity contribution is 5.86. The predicted molar refractivity (Wildman–Crippen MR) is 74.7 cm³/mol. The van der Waals surface area contributed by atoms with Crippen molar-refractivity contribution in [3.63, 3.8) is 0 Å². The smallest absolute Gasteiger partial charge is 0.229 e. The molecular weight excluding hydrogens is 270 g/mol. The molecule has 1 aliphatic carbocycles. The van der Waals surface area contributed by atoms with Crippen LogP contribution in [0.3, 0.4) is 0 Å². The van der Waals surface area contributed by atoms with Crippen LogP contribution in [0.4, 0.5) is 0 Å². The fourth-order valence-electron chi connectivity index (χ4n) is 3.98. The van der Waals surface area contributed by atoms with E-state index in [1.165, 1.54) is 0 Å². The van der Waals surface area contributed by atoms with Crippen LogP contribution in [0.15, 0.2) is 24.3 Å². The van der Waals surface area contributed by atoms with Crippen molar-refractivity contribution >= 4 is 5.91 Å². The van der Waals surface area contributed by atoms with Gasteiger partial charge in [-0.05, 0) is 24.0 Å². The minimum Gasteiger partial charge on any atom is -0.497 e. The summed E-state index contributed by atoms with van der Waals surface area (Å²) in [6.45, 7) is 1.31. The van der Waals surface area contributed by atoms with Gasteiger partial charge in [-0.2, -0.15) is 0 Å². The molecular formula is C16H19NO4. The molecule has 0 spiro atoms. The van der Waals surface area contributed by atoms with E-state index in [2.05, 4.69) is 0 Å². The molecule has 0 bridgehead atoms. The fourth-order valence-corrected chi connectivity index (χ4v) is 3.98. The van der Waals surface area contributed by atoms with Crippen LogP contribution in [0.1, 0.15) is 11.8 Å². The summed E-state index contributed by atoms with van der Waals surface area (Å²) in [5, 5.41) is 0. The number of piperidine rings is 1. The minimum absolute atomic E-state index is 0.152. The van der Waals surface area contributed by atoms with Gasteiger partial charge in [0, 0.05) is 18.6 Å². The van der Waals surface area contributed by atoms with Crippen LogP contribution in [0.2, 0.25) is 0 Å². The summed E-state index contributed by atoms with van der Waals surface area (Å²) in [5.74, 6) is 2.00. The topological polar surface area (TPSA) is 48.0 Å². The molecule has 1 aromatic rings. The van der Waals surface area contributed by atoms with Gasteiger partial charge in [0.15, 0.2) is 6.23 Å². The maximum Gasteiger partial charge on any atom is 0.229 e. The van der Waals surface area contributed by atoms with E-state index in [9.17, 15) is 4.79 Å². The third-order valence-corrected chi connectivity index (χ3v) is 5.01. The normalized spacial score (nSPS) is 36.6. The molecule has 21 heavy (non-hydrogen) atoms. The lowest BCUT2D eigenvalue weighted by molar-refractivity contribution is -0.137. The zero-order valence-electron chi connectivity index (χ0n) is 12.2. The van der Waals surface area contributed by atoms with Crippen molar-refractivity contribution in [1.82, 2.24) is 4.90 Å². The van der Waals surface area contributed by atoms with E-state index in [4.69, 9.17) is 14.2 Å². The highest BCUT2D eigenvalue weighted by atomic mass is 16.5. The van der Waals surface area contributed by atoms with Gasteiger partial charge >= 0.3 is 0 Å². The van der Waals surface area contributed by atoms with Gasteiger partial charge in [-0.15, -0.1) is 0 Å². The standard InChI is InChI=1S/C16H19NO4/c1-19-7-11-13-12-8-21-16(17(12)15(18)14(11)13)9-3-5-10(20-2)6-4-9/h3-6,11-14,16H,7-8H2,1-2H3/t11-,12+,13+,14+,16+/m0/s1. The SMILES string of the molecule is COC[C@@H]1[C@H]2C(=O)N3[C@@H](c4ccc(OC)cc4)OC[C@@H]3[C@@H]12. The molecule has 0 unspecified atom stereocenters. The van der Waals surface area contributed by atoms with Crippen LogP contribution < -0.4 is 4.74 Å². The first-order valence-corrected chi connectivity index (χ1v) is 7.33. The van der Waals surface area contributed by atoms with Crippen LogP contribution in [-0.4, -0.2) is 44.3 Å². The van der Waals surface area contributed by atoms with E-state index >= 15 is 0 Å². The monoisotopic (exact) mass is 289 g/mol. The fraction of sp³-hybridized carbons (Fsp3) is 0.562. The first-order valence-electron chi connectivity index (χ1n) is 7.33. The molecule has 1 saturated carbocycles. The van der Waals surface area contributed by atoms with E-state index in [0.717, 1.165) is 11.3 Å². The second kappa shape index (κ2) is 4.71. The number of carbonyl (C=O) groups is 1. The largest absolute Gasteiger partial charge is 0.497 e. The first-order chi connectivity index (χ1) is 10.3. The van der Waals surface area contributed by atoms with E-state index in [0.29, 0.717) is 25.0 Å². The average molecular weight is 289 g/mol. The number of nitrogens with zero attached hydrogens (tertiary/aromatic N) is 1. The maximum absolute atomic E-state index is 12.6. The molecule has 112 valence electrons.